The van der Waals surface area contributed by atoms with Crippen molar-refractivity contribution in [2.24, 2.45) is 0 Å². The molecule has 1 nitrogen and oxygen atoms in total. The maximum Gasteiger partial charge on any atom is 0.0404 e. The van der Waals surface area contributed by atoms with Crippen molar-refractivity contribution in [1.29, 1.82) is 0 Å². The van der Waals surface area contributed by atoms with Gasteiger partial charge in [-0.25, -0.2) is 0 Å². The van der Waals surface area contributed by atoms with Crippen LogP contribution in [0.15, 0.2) is 73.7 Å². The minimum Gasteiger partial charge on any atom is -0.345 e. The minimum atomic E-state index is 0.996. The molecule has 0 unspecified atom stereocenters. The largest absolute Gasteiger partial charge is 0.345 e. The number of hydrogen-bond donors (Lipinski definition) is 0. The fourth-order valence-corrected chi connectivity index (χ4v) is 1.16. The van der Waals surface area contributed by atoms with E-state index in [0.717, 1.165) is 11.4 Å². The van der Waals surface area contributed by atoms with E-state index in [9.17, 15) is 0 Å². The molecule has 0 aliphatic carbocycles. The summed E-state index contributed by atoms with van der Waals surface area (Å²) in [7, 11) is 1.98. The van der Waals surface area contributed by atoms with E-state index in [-0.39, 0.29) is 0 Å². The highest BCUT2D eigenvalue weighted by atomic mass is 15.1. The van der Waals surface area contributed by atoms with Gasteiger partial charge in [-0.2, -0.15) is 0 Å². The van der Waals surface area contributed by atoms with Gasteiger partial charge in [-0.1, -0.05) is 79.5 Å². The lowest BCUT2D eigenvalue weighted by Crippen LogP contribution is -2.14. The zero-order chi connectivity index (χ0) is 17.7. The van der Waals surface area contributed by atoms with Gasteiger partial charge in [-0.15, -0.1) is 0 Å². The van der Waals surface area contributed by atoms with Crippen LogP contribution >= 0.6 is 0 Å². The van der Waals surface area contributed by atoms with Crippen LogP contribution in [0.25, 0.3) is 0 Å². The summed E-state index contributed by atoms with van der Waals surface area (Å²) in [6.45, 7) is 25.1. The van der Waals surface area contributed by atoms with Crippen LogP contribution in [0.5, 0.6) is 0 Å². The number of rotatable bonds is 6. The molecule has 0 aromatic rings. The fourth-order valence-electron chi connectivity index (χ4n) is 1.16. The molecule has 0 amide bonds. The molecule has 0 saturated carbocycles. The first kappa shape index (κ1) is 27.6. The maximum atomic E-state index is 3.77. The standard InChI is InChI=1S/C14H19N.3C2H6/c1-6-10-13(9-4)15(5)14(11-7-2)12-8-3;3*1-2/h6-12H,1-2,4H2,3,5H3;3*1-2H3/b12-8-,13-10+,14-11+;;;. The molecule has 0 atom stereocenters. The third-order valence-corrected chi connectivity index (χ3v) is 1.90. The molecule has 0 saturated heterocycles. The second-order valence-corrected chi connectivity index (χ2v) is 2.92. The van der Waals surface area contributed by atoms with Crippen LogP contribution in [0.1, 0.15) is 48.5 Å². The number of nitrogens with zero attached hydrogens (tertiary/aromatic N) is 1. The summed E-state index contributed by atoms with van der Waals surface area (Å²) < 4.78 is 0. The quantitative estimate of drug-likeness (QED) is 0.481. The SMILES string of the molecule is C=C/C=C(\C=C)N(C)C(/C=C\C)=C/C=C.CC.CC.CC. The van der Waals surface area contributed by atoms with Crippen molar-refractivity contribution in [3.8, 4) is 0 Å². The van der Waals surface area contributed by atoms with Crippen LogP contribution in [-0.2, 0) is 0 Å². The Morgan fingerprint density at radius 2 is 1.14 bits per heavy atom. The highest BCUT2D eigenvalue weighted by molar-refractivity contribution is 5.30. The summed E-state index contributed by atoms with van der Waals surface area (Å²) in [6, 6.07) is 0. The molecular weight excluding hydrogens is 254 g/mol. The van der Waals surface area contributed by atoms with Crippen molar-refractivity contribution in [2.45, 2.75) is 48.5 Å². The normalized spacial score (nSPS) is 9.90. The lowest BCUT2D eigenvalue weighted by molar-refractivity contribution is 0.554. The first-order valence-corrected chi connectivity index (χ1v) is 7.85. The summed E-state index contributed by atoms with van der Waals surface area (Å²) >= 11 is 0. The molecule has 0 bridgehead atoms. The highest BCUT2D eigenvalue weighted by Gasteiger charge is 2.02. The topological polar surface area (TPSA) is 3.24 Å². The third-order valence-electron chi connectivity index (χ3n) is 1.90. The van der Waals surface area contributed by atoms with Crippen LogP contribution in [0.3, 0.4) is 0 Å². The first-order valence-electron chi connectivity index (χ1n) is 7.85. The van der Waals surface area contributed by atoms with Gasteiger partial charge in [-0.05, 0) is 31.2 Å². The third kappa shape index (κ3) is 16.2. The number of allylic oxidation sites excluding steroid dienone is 7. The smallest absolute Gasteiger partial charge is 0.0404 e. The van der Waals surface area contributed by atoms with Crippen molar-refractivity contribution in [2.75, 3.05) is 7.05 Å². The van der Waals surface area contributed by atoms with Crippen LogP contribution in [0.4, 0.5) is 0 Å². The maximum absolute atomic E-state index is 3.77. The molecule has 21 heavy (non-hydrogen) atoms. The van der Waals surface area contributed by atoms with E-state index < -0.39 is 0 Å². The Labute approximate surface area is 134 Å². The lowest BCUT2D eigenvalue weighted by Gasteiger charge is -2.21. The van der Waals surface area contributed by atoms with Crippen molar-refractivity contribution in [1.82, 2.24) is 4.90 Å². The monoisotopic (exact) mass is 291 g/mol. The molecule has 0 aromatic carbocycles. The summed E-state index contributed by atoms with van der Waals surface area (Å²) in [4.78, 5) is 2.02. The average molecular weight is 292 g/mol. The Balaban J connectivity index is -0.000000212. The summed E-state index contributed by atoms with van der Waals surface area (Å²) in [6.07, 6.45) is 13.2. The second-order valence-electron chi connectivity index (χ2n) is 2.92. The predicted molar refractivity (Wildman–Crippen MR) is 103 cm³/mol. The van der Waals surface area contributed by atoms with Gasteiger partial charge >= 0.3 is 0 Å². The molecule has 1 heteroatoms. The van der Waals surface area contributed by atoms with E-state index in [1.807, 2.05) is 84.7 Å². The molecule has 0 heterocycles. The van der Waals surface area contributed by atoms with Crippen LogP contribution in [0, 0.1) is 0 Å². The molecule has 0 fully saturated rings. The van der Waals surface area contributed by atoms with Crippen molar-refractivity contribution in [3.63, 3.8) is 0 Å². The van der Waals surface area contributed by atoms with E-state index in [1.165, 1.54) is 0 Å². The summed E-state index contributed by atoms with van der Waals surface area (Å²) in [5.74, 6) is 0. The van der Waals surface area contributed by atoms with E-state index in [0.29, 0.717) is 0 Å². The Hall–Kier alpha value is -1.76. The Bertz CT molecular complexity index is 317. The molecule has 0 radical (unpaired) electrons. The van der Waals surface area contributed by atoms with Gasteiger partial charge in [0, 0.05) is 18.4 Å². The molecule has 0 aliphatic heterocycles. The minimum absolute atomic E-state index is 0.996. The van der Waals surface area contributed by atoms with E-state index in [4.69, 9.17) is 0 Å². The van der Waals surface area contributed by atoms with Crippen molar-refractivity contribution >= 4 is 0 Å². The van der Waals surface area contributed by atoms with E-state index in [2.05, 4.69) is 19.7 Å². The highest BCUT2D eigenvalue weighted by Crippen LogP contribution is 2.13. The molecule has 0 aliphatic rings. The van der Waals surface area contributed by atoms with Gasteiger partial charge in [0.15, 0.2) is 0 Å². The Kier molecular flexibility index (Phi) is 35.1. The number of hydrogen-bond acceptors (Lipinski definition) is 1. The molecule has 0 aromatic heterocycles. The van der Waals surface area contributed by atoms with E-state index in [1.54, 1.807) is 18.2 Å². The van der Waals surface area contributed by atoms with Gasteiger partial charge in [-0.3, -0.25) is 0 Å². The van der Waals surface area contributed by atoms with E-state index >= 15 is 0 Å². The molecule has 0 spiro atoms. The molecule has 122 valence electrons. The first-order chi connectivity index (χ1) is 10.2. The lowest BCUT2D eigenvalue weighted by atomic mass is 10.2. The molecular formula is C20H37N. The predicted octanol–water partition coefficient (Wildman–Crippen LogP) is 6.90. The summed E-state index contributed by atoms with van der Waals surface area (Å²) in [5.41, 5.74) is 2.05. The number of likely N-dealkylation sites (N-methyl/N-ethyl adjacent to an activating group) is 1. The van der Waals surface area contributed by atoms with Gasteiger partial charge in [0.2, 0.25) is 0 Å². The fraction of sp³-hybridized carbons (Fsp3) is 0.400. The average Bonchev–Trinajstić information content (AvgIpc) is 2.57. The Morgan fingerprint density at radius 1 is 0.762 bits per heavy atom. The zero-order valence-corrected chi connectivity index (χ0v) is 15.6. The van der Waals surface area contributed by atoms with Crippen LogP contribution in [-0.4, -0.2) is 11.9 Å². The van der Waals surface area contributed by atoms with Gasteiger partial charge in [0.25, 0.3) is 0 Å². The van der Waals surface area contributed by atoms with Crippen LogP contribution < -0.4 is 0 Å². The summed E-state index contributed by atoms with van der Waals surface area (Å²) in [5, 5.41) is 0. The van der Waals surface area contributed by atoms with Crippen LogP contribution in [0.2, 0.25) is 0 Å². The van der Waals surface area contributed by atoms with Gasteiger partial charge < -0.3 is 4.90 Å². The second kappa shape index (κ2) is 26.7. The Morgan fingerprint density at radius 3 is 1.43 bits per heavy atom. The molecule has 0 rings (SSSR count). The van der Waals surface area contributed by atoms with Gasteiger partial charge in [0.1, 0.15) is 0 Å². The van der Waals surface area contributed by atoms with Crippen molar-refractivity contribution in [3.05, 3.63) is 73.7 Å². The molecule has 0 N–H and O–H groups in total. The van der Waals surface area contributed by atoms with Gasteiger partial charge in [0.05, 0.1) is 0 Å². The zero-order valence-electron chi connectivity index (χ0n) is 15.6. The van der Waals surface area contributed by atoms with Crippen molar-refractivity contribution < 1.29 is 0 Å².